The molecule has 0 aliphatic rings. The molecule has 0 bridgehead atoms. The fourth-order valence-corrected chi connectivity index (χ4v) is 0. The summed E-state index contributed by atoms with van der Waals surface area (Å²) in [7, 11) is 0. The Morgan fingerprint density at radius 1 is 0.385 bits per heavy atom. The van der Waals surface area contributed by atoms with E-state index in [1.807, 2.05) is 0 Å². The smallest absolute Gasteiger partial charge is 0.427 e. The van der Waals surface area contributed by atoms with Crippen LogP contribution in [-0.4, -0.2) is 0 Å². The summed E-state index contributed by atoms with van der Waals surface area (Å²) in [6.07, 6.45) is 0. The molecular formula is I3O9Rh. The molecule has 0 amide bonds. The van der Waals surface area contributed by atoms with Gasteiger partial charge in [0.15, 0.2) is 0 Å². The molecule has 0 N–H and O–H groups in total. The van der Waals surface area contributed by atoms with Crippen LogP contribution in [0.2, 0.25) is 0 Å². The van der Waals surface area contributed by atoms with Crippen molar-refractivity contribution < 1.29 is 114 Å². The van der Waals surface area contributed by atoms with E-state index in [4.69, 9.17) is 30.9 Å². The van der Waals surface area contributed by atoms with Crippen molar-refractivity contribution in [3.05, 3.63) is 0 Å². The summed E-state index contributed by atoms with van der Waals surface area (Å²) in [5.41, 5.74) is 0. The zero-order valence-corrected chi connectivity index (χ0v) is 13.3. The predicted octanol–water partition coefficient (Wildman–Crippen LogP) is -19.7. The van der Waals surface area contributed by atoms with E-state index in [9.17, 15) is 0 Å². The second kappa shape index (κ2) is 19.9. The minimum atomic E-state index is -4.01. The van der Waals surface area contributed by atoms with Crippen LogP contribution in [0.5, 0.6) is 0 Å². The SMILES string of the molecule is [O-][I+2]([O-])[O-].[O-][I+2]([O-])[O-].[O-][I+2]([O-])[O-].[Rh+3]. The van der Waals surface area contributed by atoms with Gasteiger partial charge in [0.25, 0.3) is 63.2 Å². The number of hydrogen-bond donors (Lipinski definition) is 0. The van der Waals surface area contributed by atoms with E-state index in [1.165, 1.54) is 0 Å². The first-order valence-corrected chi connectivity index (χ1v) is 9.32. The van der Waals surface area contributed by atoms with Gasteiger partial charge in [0.1, 0.15) is 0 Å². The maximum absolute atomic E-state index is 8.57. The van der Waals surface area contributed by atoms with Crippen molar-refractivity contribution in [3.8, 4) is 0 Å². The third-order valence-electron chi connectivity index (χ3n) is 0. The van der Waals surface area contributed by atoms with Gasteiger partial charge in [0.2, 0.25) is 0 Å². The van der Waals surface area contributed by atoms with Crippen LogP contribution < -0.4 is 94.1 Å². The Bertz CT molecular complexity index is 43.4. The topological polar surface area (TPSA) is 208 Å². The van der Waals surface area contributed by atoms with E-state index in [-0.39, 0.29) is 19.5 Å². The normalized spacial score (nSPS) is 8.31. The maximum atomic E-state index is 8.57. The average molecular weight is 628 g/mol. The molecule has 0 saturated heterocycles. The van der Waals surface area contributed by atoms with E-state index < -0.39 is 63.2 Å². The summed E-state index contributed by atoms with van der Waals surface area (Å²) in [5, 5.41) is 0. The molecule has 0 radical (unpaired) electrons. The third-order valence-corrected chi connectivity index (χ3v) is 0. The molecular weight excluding hydrogens is 628 g/mol. The van der Waals surface area contributed by atoms with E-state index in [0.717, 1.165) is 0 Å². The monoisotopic (exact) mass is 628 g/mol. The van der Waals surface area contributed by atoms with Crippen molar-refractivity contribution in [1.29, 1.82) is 0 Å². The van der Waals surface area contributed by atoms with Crippen LogP contribution in [0.3, 0.4) is 0 Å². The molecule has 13 heavy (non-hydrogen) atoms. The van der Waals surface area contributed by atoms with Gasteiger partial charge in [-0.05, 0) is 0 Å². The molecule has 0 heterocycles. The first kappa shape index (κ1) is 24.6. The molecule has 84 valence electrons. The van der Waals surface area contributed by atoms with Gasteiger partial charge in [-0.25, -0.2) is 0 Å². The zero-order valence-electron chi connectivity index (χ0n) is 5.14. The second-order valence-corrected chi connectivity index (χ2v) is 3.80. The molecule has 0 spiro atoms. The van der Waals surface area contributed by atoms with Crippen LogP contribution in [0.4, 0.5) is 0 Å². The second-order valence-electron chi connectivity index (χ2n) is 0.567. The quantitative estimate of drug-likeness (QED) is 0.184. The maximum Gasteiger partial charge on any atom is 3.00 e. The number of halogens is 3. The average Bonchev–Trinajstić information content (AvgIpc) is 1.54. The summed E-state index contributed by atoms with van der Waals surface area (Å²) in [4.78, 5) is 0. The van der Waals surface area contributed by atoms with Crippen molar-refractivity contribution in [2.24, 2.45) is 0 Å². The van der Waals surface area contributed by atoms with Gasteiger partial charge >= 0.3 is 19.5 Å². The molecule has 0 aliphatic carbocycles. The fourth-order valence-electron chi connectivity index (χ4n) is 0. The third kappa shape index (κ3) is 372. The minimum Gasteiger partial charge on any atom is -0.427 e. The van der Waals surface area contributed by atoms with Crippen LogP contribution in [0, 0.1) is 0 Å². The van der Waals surface area contributed by atoms with Crippen LogP contribution in [0.25, 0.3) is 0 Å². The standard InChI is InChI=1S/3IO3.Rh/c3*2-1(3)4;/q3*-1;+3. The molecule has 0 aromatic heterocycles. The van der Waals surface area contributed by atoms with Crippen LogP contribution in [0.1, 0.15) is 0 Å². The zero-order chi connectivity index (χ0) is 10.7. The molecule has 0 saturated carbocycles. The van der Waals surface area contributed by atoms with Crippen LogP contribution >= 0.6 is 0 Å². The molecule has 0 rings (SSSR count). The molecule has 0 aromatic rings. The van der Waals surface area contributed by atoms with Gasteiger partial charge in [0, 0.05) is 0 Å². The van der Waals surface area contributed by atoms with Crippen LogP contribution in [0.15, 0.2) is 0 Å². The Kier molecular flexibility index (Phi) is 37.7. The summed E-state index contributed by atoms with van der Waals surface area (Å²) < 4.78 is 77.2. The molecule has 13 heteroatoms. The number of hydrogen-bond acceptors (Lipinski definition) is 9. The summed E-state index contributed by atoms with van der Waals surface area (Å²) in [5.74, 6) is 0. The van der Waals surface area contributed by atoms with E-state index in [1.54, 1.807) is 0 Å². The summed E-state index contributed by atoms with van der Waals surface area (Å²) in [6, 6.07) is 0. The summed E-state index contributed by atoms with van der Waals surface area (Å²) >= 11 is -12.0. The largest absolute Gasteiger partial charge is 3.00 e. The fraction of sp³-hybridized carbons (Fsp3) is 0. The van der Waals surface area contributed by atoms with Gasteiger partial charge in [-0.2, -0.15) is 0 Å². The Hall–Kier alpha value is 2.45. The molecule has 0 atom stereocenters. The number of rotatable bonds is 0. The van der Waals surface area contributed by atoms with Crippen molar-refractivity contribution in [1.82, 2.24) is 0 Å². The van der Waals surface area contributed by atoms with Crippen LogP contribution in [-0.2, 0) is 19.5 Å². The van der Waals surface area contributed by atoms with Gasteiger partial charge < -0.3 is 30.9 Å². The van der Waals surface area contributed by atoms with E-state index in [0.29, 0.717) is 0 Å². The van der Waals surface area contributed by atoms with Gasteiger partial charge in [-0.3, -0.25) is 0 Å². The van der Waals surface area contributed by atoms with E-state index >= 15 is 0 Å². The Morgan fingerprint density at radius 3 is 0.385 bits per heavy atom. The van der Waals surface area contributed by atoms with Gasteiger partial charge in [-0.1, -0.05) is 0 Å². The minimum absolute atomic E-state index is 0. The molecule has 9 nitrogen and oxygen atoms in total. The molecule has 0 aliphatic heterocycles. The van der Waals surface area contributed by atoms with E-state index in [2.05, 4.69) is 0 Å². The molecule has 0 fully saturated rings. The van der Waals surface area contributed by atoms with Gasteiger partial charge in [-0.15, -0.1) is 0 Å². The van der Waals surface area contributed by atoms with Gasteiger partial charge in [0.05, 0.1) is 0 Å². The Labute approximate surface area is 112 Å². The Balaban J connectivity index is -0.0000000450. The molecule has 0 aromatic carbocycles. The predicted molar refractivity (Wildman–Crippen MR) is 0 cm³/mol. The van der Waals surface area contributed by atoms with Crippen molar-refractivity contribution >= 4 is 0 Å². The van der Waals surface area contributed by atoms with Crippen molar-refractivity contribution in [2.75, 3.05) is 0 Å². The molecule has 0 unspecified atom stereocenters. The first-order chi connectivity index (χ1) is 5.20. The van der Waals surface area contributed by atoms with Crippen molar-refractivity contribution in [3.63, 3.8) is 0 Å². The summed E-state index contributed by atoms with van der Waals surface area (Å²) in [6.45, 7) is 0. The van der Waals surface area contributed by atoms with Crippen molar-refractivity contribution in [2.45, 2.75) is 0 Å². The Morgan fingerprint density at radius 2 is 0.385 bits per heavy atom. The first-order valence-electron chi connectivity index (χ1n) is 1.39.